The minimum Gasteiger partial charge on any atom is -0.373 e. The highest BCUT2D eigenvalue weighted by Crippen LogP contribution is 2.19. The monoisotopic (exact) mass is 223 g/mol. The van der Waals surface area contributed by atoms with Crippen LogP contribution in [0.1, 0.15) is 42.2 Å². The normalized spacial score (nSPS) is 12.8. The maximum Gasteiger partial charge on any atom is 0.157 e. The molecule has 0 bridgehead atoms. The van der Waals surface area contributed by atoms with Crippen LogP contribution in [0.5, 0.6) is 0 Å². The highest BCUT2D eigenvalue weighted by atomic mass is 16.5. The Balaban J connectivity index is 3.08. The summed E-state index contributed by atoms with van der Waals surface area (Å²) >= 11 is 0. The molecule has 0 aliphatic rings. The third-order valence-electron chi connectivity index (χ3n) is 2.73. The standard InChI is InChI=1S/C12H21N3O/c1-6-11(16-5)12-14-8(2)10(7-13-4)9(3)15-12/h11,13H,6-7H2,1-5H3. The van der Waals surface area contributed by atoms with Gasteiger partial charge in [0.05, 0.1) is 0 Å². The molecular formula is C12H21N3O. The lowest BCUT2D eigenvalue weighted by molar-refractivity contribution is 0.0922. The Morgan fingerprint density at radius 2 is 1.81 bits per heavy atom. The maximum absolute atomic E-state index is 5.35. The van der Waals surface area contributed by atoms with E-state index in [0.29, 0.717) is 0 Å². The molecule has 1 aromatic heterocycles. The summed E-state index contributed by atoms with van der Waals surface area (Å²) in [5.41, 5.74) is 3.25. The van der Waals surface area contributed by atoms with Gasteiger partial charge in [0.25, 0.3) is 0 Å². The Bertz CT molecular complexity index is 325. The molecule has 1 unspecified atom stereocenters. The van der Waals surface area contributed by atoms with Crippen molar-refractivity contribution in [2.75, 3.05) is 14.2 Å². The van der Waals surface area contributed by atoms with Gasteiger partial charge in [-0.2, -0.15) is 0 Å². The fourth-order valence-corrected chi connectivity index (χ4v) is 1.80. The zero-order valence-corrected chi connectivity index (χ0v) is 10.8. The molecule has 0 saturated carbocycles. The number of hydrogen-bond donors (Lipinski definition) is 1. The molecule has 4 heteroatoms. The lowest BCUT2D eigenvalue weighted by Crippen LogP contribution is -2.14. The van der Waals surface area contributed by atoms with Crippen molar-refractivity contribution in [2.45, 2.75) is 39.8 Å². The van der Waals surface area contributed by atoms with Crippen molar-refractivity contribution in [3.63, 3.8) is 0 Å². The topological polar surface area (TPSA) is 47.0 Å². The van der Waals surface area contributed by atoms with Gasteiger partial charge in [-0.1, -0.05) is 6.92 Å². The van der Waals surface area contributed by atoms with Crippen molar-refractivity contribution in [3.05, 3.63) is 22.8 Å². The Morgan fingerprint density at radius 3 is 2.19 bits per heavy atom. The summed E-state index contributed by atoms with van der Waals surface area (Å²) < 4.78 is 5.35. The van der Waals surface area contributed by atoms with E-state index in [0.717, 1.165) is 30.2 Å². The summed E-state index contributed by atoms with van der Waals surface area (Å²) in [6.45, 7) is 6.92. The number of aromatic nitrogens is 2. The smallest absolute Gasteiger partial charge is 0.157 e. The zero-order chi connectivity index (χ0) is 12.1. The molecular weight excluding hydrogens is 202 g/mol. The van der Waals surface area contributed by atoms with E-state index in [1.165, 1.54) is 5.56 Å². The first-order chi connectivity index (χ1) is 7.63. The first-order valence-electron chi connectivity index (χ1n) is 5.65. The number of nitrogens with zero attached hydrogens (tertiary/aromatic N) is 2. The van der Waals surface area contributed by atoms with E-state index in [9.17, 15) is 0 Å². The van der Waals surface area contributed by atoms with Crippen molar-refractivity contribution < 1.29 is 4.74 Å². The third kappa shape index (κ3) is 2.77. The highest BCUT2D eigenvalue weighted by molar-refractivity contribution is 5.24. The van der Waals surface area contributed by atoms with Crippen LogP contribution >= 0.6 is 0 Å². The molecule has 1 heterocycles. The van der Waals surface area contributed by atoms with E-state index in [2.05, 4.69) is 22.2 Å². The number of hydrogen-bond acceptors (Lipinski definition) is 4. The molecule has 90 valence electrons. The summed E-state index contributed by atoms with van der Waals surface area (Å²) in [6, 6.07) is 0. The van der Waals surface area contributed by atoms with Gasteiger partial charge in [-0.3, -0.25) is 0 Å². The average Bonchev–Trinajstić information content (AvgIpc) is 2.25. The summed E-state index contributed by atoms with van der Waals surface area (Å²) in [4.78, 5) is 9.04. The summed E-state index contributed by atoms with van der Waals surface area (Å²) in [5.74, 6) is 0.792. The van der Waals surface area contributed by atoms with E-state index in [1.807, 2.05) is 20.9 Å². The van der Waals surface area contributed by atoms with E-state index in [-0.39, 0.29) is 6.10 Å². The van der Waals surface area contributed by atoms with Gasteiger partial charge in [0.15, 0.2) is 5.82 Å². The average molecular weight is 223 g/mol. The predicted octanol–water partition coefficient (Wildman–Crippen LogP) is 1.91. The van der Waals surface area contributed by atoms with Crippen LogP contribution in [0.25, 0.3) is 0 Å². The third-order valence-corrected chi connectivity index (χ3v) is 2.73. The second-order valence-corrected chi connectivity index (χ2v) is 3.89. The molecule has 1 atom stereocenters. The molecule has 0 amide bonds. The molecule has 0 fully saturated rings. The molecule has 1 rings (SSSR count). The zero-order valence-electron chi connectivity index (χ0n) is 10.8. The highest BCUT2D eigenvalue weighted by Gasteiger charge is 2.14. The van der Waals surface area contributed by atoms with Gasteiger partial charge < -0.3 is 10.1 Å². The summed E-state index contributed by atoms with van der Waals surface area (Å²) in [6.07, 6.45) is 0.891. The molecule has 1 N–H and O–H groups in total. The molecule has 0 spiro atoms. The number of methoxy groups -OCH3 is 1. The lowest BCUT2D eigenvalue weighted by atomic mass is 10.1. The van der Waals surface area contributed by atoms with E-state index < -0.39 is 0 Å². The quantitative estimate of drug-likeness (QED) is 0.828. The van der Waals surface area contributed by atoms with Crippen molar-refractivity contribution in [1.82, 2.24) is 15.3 Å². The Labute approximate surface area is 97.5 Å². The molecule has 0 saturated heterocycles. The van der Waals surface area contributed by atoms with Gasteiger partial charge >= 0.3 is 0 Å². The first kappa shape index (κ1) is 13.1. The lowest BCUT2D eigenvalue weighted by Gasteiger charge is -2.15. The molecule has 0 aliphatic heterocycles. The number of rotatable bonds is 5. The van der Waals surface area contributed by atoms with Crippen LogP contribution in [0.2, 0.25) is 0 Å². The van der Waals surface area contributed by atoms with Crippen molar-refractivity contribution >= 4 is 0 Å². The van der Waals surface area contributed by atoms with Crippen LogP contribution in [0, 0.1) is 13.8 Å². The van der Waals surface area contributed by atoms with Crippen LogP contribution in [-0.4, -0.2) is 24.1 Å². The molecule has 0 radical (unpaired) electrons. The first-order valence-corrected chi connectivity index (χ1v) is 5.65. The van der Waals surface area contributed by atoms with Gasteiger partial charge in [0, 0.05) is 30.6 Å². The van der Waals surface area contributed by atoms with Gasteiger partial charge in [-0.25, -0.2) is 9.97 Å². The Hall–Kier alpha value is -1.00. The number of aryl methyl sites for hydroxylation is 2. The minimum absolute atomic E-state index is 0.000959. The van der Waals surface area contributed by atoms with Crippen LogP contribution in [0.15, 0.2) is 0 Å². The number of nitrogens with one attached hydrogen (secondary N) is 1. The summed E-state index contributed by atoms with van der Waals surface area (Å²) in [7, 11) is 3.63. The molecule has 1 aromatic rings. The second kappa shape index (κ2) is 5.92. The molecule has 0 aromatic carbocycles. The van der Waals surface area contributed by atoms with Gasteiger partial charge in [0.2, 0.25) is 0 Å². The van der Waals surface area contributed by atoms with Crippen LogP contribution in [-0.2, 0) is 11.3 Å². The van der Waals surface area contributed by atoms with E-state index >= 15 is 0 Å². The second-order valence-electron chi connectivity index (χ2n) is 3.89. The van der Waals surface area contributed by atoms with Gasteiger partial charge in [-0.15, -0.1) is 0 Å². The largest absolute Gasteiger partial charge is 0.373 e. The fourth-order valence-electron chi connectivity index (χ4n) is 1.80. The molecule has 4 nitrogen and oxygen atoms in total. The minimum atomic E-state index is 0.000959. The van der Waals surface area contributed by atoms with Crippen LogP contribution < -0.4 is 5.32 Å². The van der Waals surface area contributed by atoms with E-state index in [4.69, 9.17) is 4.74 Å². The van der Waals surface area contributed by atoms with Crippen LogP contribution in [0.4, 0.5) is 0 Å². The van der Waals surface area contributed by atoms with Gasteiger partial charge in [-0.05, 0) is 27.3 Å². The molecule has 0 aliphatic carbocycles. The predicted molar refractivity (Wildman–Crippen MR) is 64.3 cm³/mol. The maximum atomic E-state index is 5.35. The van der Waals surface area contributed by atoms with Gasteiger partial charge in [0.1, 0.15) is 6.10 Å². The fraction of sp³-hybridized carbons (Fsp3) is 0.667. The summed E-state index contributed by atoms with van der Waals surface area (Å²) in [5, 5.41) is 3.13. The Morgan fingerprint density at radius 1 is 1.25 bits per heavy atom. The van der Waals surface area contributed by atoms with Crippen molar-refractivity contribution in [3.8, 4) is 0 Å². The Kier molecular flexibility index (Phi) is 4.83. The van der Waals surface area contributed by atoms with Crippen molar-refractivity contribution in [1.29, 1.82) is 0 Å². The van der Waals surface area contributed by atoms with E-state index in [1.54, 1.807) is 7.11 Å². The van der Waals surface area contributed by atoms with Crippen molar-refractivity contribution in [2.24, 2.45) is 0 Å². The molecule has 16 heavy (non-hydrogen) atoms. The SMILES string of the molecule is CCC(OC)c1nc(C)c(CNC)c(C)n1. The number of ether oxygens (including phenoxy) is 1. The van der Waals surface area contributed by atoms with Crippen LogP contribution in [0.3, 0.4) is 0 Å².